The Labute approximate surface area is 155 Å². The molecule has 2 aliphatic rings. The second-order valence-corrected chi connectivity index (χ2v) is 6.60. The number of halogens is 1. The summed E-state index contributed by atoms with van der Waals surface area (Å²) in [5, 5.41) is 3.30. The monoisotopic (exact) mass is 372 g/mol. The molecule has 1 fully saturated rings. The molecule has 2 amide bonds. The summed E-state index contributed by atoms with van der Waals surface area (Å²) in [5.74, 6) is 0.825. The molecule has 0 bridgehead atoms. The molecule has 1 unspecified atom stereocenters. The van der Waals surface area contributed by atoms with Gasteiger partial charge in [-0.25, -0.2) is 0 Å². The van der Waals surface area contributed by atoms with Crippen molar-refractivity contribution in [2.75, 3.05) is 23.4 Å². The van der Waals surface area contributed by atoms with Gasteiger partial charge in [-0.2, -0.15) is 0 Å². The molecular formula is C19H17ClN2O4. The lowest BCUT2D eigenvalue weighted by Crippen LogP contribution is -2.40. The molecule has 2 aliphatic heterocycles. The Hall–Kier alpha value is -2.73. The van der Waals surface area contributed by atoms with Gasteiger partial charge in [-0.15, -0.1) is 0 Å². The molecule has 0 aromatic heterocycles. The third-order valence-corrected chi connectivity index (χ3v) is 4.62. The molecule has 26 heavy (non-hydrogen) atoms. The zero-order chi connectivity index (χ0) is 18.1. The van der Waals surface area contributed by atoms with Gasteiger partial charge in [-0.1, -0.05) is 23.7 Å². The number of carbonyl (C=O) groups excluding carboxylic acids is 2. The van der Waals surface area contributed by atoms with Crippen molar-refractivity contribution in [1.82, 2.24) is 0 Å². The summed E-state index contributed by atoms with van der Waals surface area (Å²) in [4.78, 5) is 26.4. The smallest absolute Gasteiger partial charge is 0.269 e. The van der Waals surface area contributed by atoms with Crippen molar-refractivity contribution in [2.45, 2.75) is 18.9 Å². The predicted molar refractivity (Wildman–Crippen MR) is 98.0 cm³/mol. The topological polar surface area (TPSA) is 67.9 Å². The molecule has 0 saturated carbocycles. The highest BCUT2D eigenvalue weighted by Crippen LogP contribution is 2.34. The van der Waals surface area contributed by atoms with Crippen molar-refractivity contribution in [1.29, 1.82) is 0 Å². The van der Waals surface area contributed by atoms with Gasteiger partial charge in [0.15, 0.2) is 11.5 Å². The van der Waals surface area contributed by atoms with Crippen molar-refractivity contribution < 1.29 is 19.1 Å². The summed E-state index contributed by atoms with van der Waals surface area (Å²) in [6.07, 6.45) is 0.517. The first-order valence-electron chi connectivity index (χ1n) is 8.41. The van der Waals surface area contributed by atoms with Gasteiger partial charge in [-0.3, -0.25) is 9.59 Å². The molecule has 2 heterocycles. The maximum Gasteiger partial charge on any atom is 0.269 e. The summed E-state index contributed by atoms with van der Waals surface area (Å²) >= 11 is 6.09. The van der Waals surface area contributed by atoms with Crippen LogP contribution >= 0.6 is 11.6 Å². The Morgan fingerprint density at radius 3 is 2.77 bits per heavy atom. The Balaban J connectivity index is 1.55. The van der Waals surface area contributed by atoms with Crippen LogP contribution < -0.4 is 19.7 Å². The third kappa shape index (κ3) is 3.20. The van der Waals surface area contributed by atoms with Gasteiger partial charge >= 0.3 is 0 Å². The lowest BCUT2D eigenvalue weighted by molar-refractivity contribution is -0.125. The Bertz CT molecular complexity index is 870. The molecule has 1 N–H and O–H groups in total. The van der Waals surface area contributed by atoms with Crippen molar-refractivity contribution in [3.05, 3.63) is 47.5 Å². The first-order valence-corrected chi connectivity index (χ1v) is 8.79. The predicted octanol–water partition coefficient (Wildman–Crippen LogP) is 3.25. The van der Waals surface area contributed by atoms with Crippen molar-refractivity contribution in [2.24, 2.45) is 0 Å². The Morgan fingerprint density at radius 2 is 2.00 bits per heavy atom. The first-order chi connectivity index (χ1) is 12.6. The van der Waals surface area contributed by atoms with Crippen molar-refractivity contribution in [3.8, 4) is 11.5 Å². The van der Waals surface area contributed by atoms with E-state index in [4.69, 9.17) is 21.1 Å². The zero-order valence-electron chi connectivity index (χ0n) is 13.9. The minimum Gasteiger partial charge on any atom is -0.485 e. The van der Waals surface area contributed by atoms with Crippen LogP contribution in [0.4, 0.5) is 11.4 Å². The molecule has 0 aliphatic carbocycles. The minimum absolute atomic E-state index is 0.0361. The fraction of sp³-hybridized carbons (Fsp3) is 0.263. The Kier molecular flexibility index (Phi) is 4.42. The third-order valence-electron chi connectivity index (χ3n) is 4.38. The molecule has 7 heteroatoms. The van der Waals surface area contributed by atoms with E-state index < -0.39 is 6.10 Å². The van der Waals surface area contributed by atoms with E-state index in [1.807, 2.05) is 12.1 Å². The molecule has 4 rings (SSSR count). The summed E-state index contributed by atoms with van der Waals surface area (Å²) in [5.41, 5.74) is 1.13. The van der Waals surface area contributed by atoms with Gasteiger partial charge in [0.05, 0.1) is 11.4 Å². The summed E-state index contributed by atoms with van der Waals surface area (Å²) in [6.45, 7) is 0.737. The highest BCUT2D eigenvalue weighted by molar-refractivity contribution is 6.31. The van der Waals surface area contributed by atoms with E-state index in [0.29, 0.717) is 40.9 Å². The SMILES string of the molecule is O=C(Nc1cc(Cl)ccc1N1CCCC1=O)C1COc2ccccc2O1. The number of fused-ring (bicyclic) bond motifs is 1. The average molecular weight is 373 g/mol. The normalized spacial score (nSPS) is 18.7. The van der Waals surface area contributed by atoms with Crippen LogP contribution in [0.25, 0.3) is 0 Å². The maximum absolute atomic E-state index is 12.7. The van der Waals surface area contributed by atoms with E-state index in [1.54, 1.807) is 35.2 Å². The van der Waals surface area contributed by atoms with Crippen LogP contribution in [-0.2, 0) is 9.59 Å². The lowest BCUT2D eigenvalue weighted by atomic mass is 10.2. The zero-order valence-corrected chi connectivity index (χ0v) is 14.7. The van der Waals surface area contributed by atoms with E-state index in [9.17, 15) is 9.59 Å². The number of nitrogens with zero attached hydrogens (tertiary/aromatic N) is 1. The number of hydrogen-bond acceptors (Lipinski definition) is 4. The van der Waals surface area contributed by atoms with E-state index in [2.05, 4.69) is 5.32 Å². The van der Waals surface area contributed by atoms with Crippen LogP contribution in [0.1, 0.15) is 12.8 Å². The minimum atomic E-state index is -0.786. The molecule has 134 valence electrons. The number of ether oxygens (including phenoxy) is 2. The number of benzene rings is 2. The fourth-order valence-corrected chi connectivity index (χ4v) is 3.28. The number of rotatable bonds is 3. The molecule has 2 aromatic rings. The number of nitrogens with one attached hydrogen (secondary N) is 1. The number of carbonyl (C=O) groups is 2. The van der Waals surface area contributed by atoms with Crippen LogP contribution in [0.15, 0.2) is 42.5 Å². The van der Waals surface area contributed by atoms with Crippen LogP contribution in [0, 0.1) is 0 Å². The van der Waals surface area contributed by atoms with E-state index in [1.165, 1.54) is 0 Å². The summed E-state index contributed by atoms with van der Waals surface area (Å²) < 4.78 is 11.3. The molecule has 1 atom stereocenters. The number of para-hydroxylation sites is 2. The summed E-state index contributed by atoms with van der Waals surface area (Å²) in [6, 6.07) is 12.3. The maximum atomic E-state index is 12.7. The van der Waals surface area contributed by atoms with Gasteiger partial charge in [0, 0.05) is 18.0 Å². The highest BCUT2D eigenvalue weighted by Gasteiger charge is 2.29. The molecule has 1 saturated heterocycles. The Morgan fingerprint density at radius 1 is 1.19 bits per heavy atom. The molecule has 6 nitrogen and oxygen atoms in total. The van der Waals surface area contributed by atoms with Crippen LogP contribution in [0.3, 0.4) is 0 Å². The average Bonchev–Trinajstić information content (AvgIpc) is 3.07. The standard InChI is InChI=1S/C19H17ClN2O4/c20-12-7-8-14(22-9-3-6-18(22)23)13(10-12)21-19(24)17-11-25-15-4-1-2-5-16(15)26-17/h1-2,4-5,7-8,10,17H,3,6,9,11H2,(H,21,24). The van der Waals surface area contributed by atoms with E-state index >= 15 is 0 Å². The number of hydrogen-bond donors (Lipinski definition) is 1. The van der Waals surface area contributed by atoms with Gasteiger partial charge in [-0.05, 0) is 36.8 Å². The van der Waals surface area contributed by atoms with E-state index in [-0.39, 0.29) is 18.4 Å². The largest absolute Gasteiger partial charge is 0.485 e. The quantitative estimate of drug-likeness (QED) is 0.898. The summed E-state index contributed by atoms with van der Waals surface area (Å²) in [7, 11) is 0. The lowest BCUT2D eigenvalue weighted by Gasteiger charge is -2.26. The van der Waals surface area contributed by atoms with Gasteiger partial charge in [0.25, 0.3) is 5.91 Å². The first kappa shape index (κ1) is 16.7. The van der Waals surface area contributed by atoms with Gasteiger partial charge < -0.3 is 19.7 Å². The second kappa shape index (κ2) is 6.88. The number of anilines is 2. The molecule has 0 spiro atoms. The number of amides is 2. The van der Waals surface area contributed by atoms with Crippen LogP contribution in [0.5, 0.6) is 11.5 Å². The van der Waals surface area contributed by atoms with Gasteiger partial charge in [0.2, 0.25) is 12.0 Å². The van der Waals surface area contributed by atoms with Crippen LogP contribution in [0.2, 0.25) is 5.02 Å². The molecule has 0 radical (unpaired) electrons. The fourth-order valence-electron chi connectivity index (χ4n) is 3.11. The second-order valence-electron chi connectivity index (χ2n) is 6.16. The van der Waals surface area contributed by atoms with Gasteiger partial charge in [0.1, 0.15) is 6.61 Å². The highest BCUT2D eigenvalue weighted by atomic mass is 35.5. The van der Waals surface area contributed by atoms with Crippen LogP contribution in [-0.4, -0.2) is 31.1 Å². The van der Waals surface area contributed by atoms with Crippen molar-refractivity contribution >= 4 is 34.8 Å². The van der Waals surface area contributed by atoms with Crippen molar-refractivity contribution in [3.63, 3.8) is 0 Å². The molecule has 2 aromatic carbocycles. The molecular weight excluding hydrogens is 356 g/mol. The van der Waals surface area contributed by atoms with E-state index in [0.717, 1.165) is 6.42 Å².